The number of nitrogens with zero attached hydrogens (tertiary/aromatic N) is 4. The summed E-state index contributed by atoms with van der Waals surface area (Å²) in [6, 6.07) is 10.5. The standard InChI is InChI=1S/C21H29N5O.HI/c1-22-20(26-12-8-21(16-26)9-14-27-17-21)24-10-7-19-23-11-13-25(19)15-18-5-3-2-4-6-18;/h2-6,11,13H,7-10,12,14-17H2,1H3,(H,22,24);1H. The zero-order valence-corrected chi connectivity index (χ0v) is 18.8. The Kier molecular flexibility index (Phi) is 7.34. The van der Waals surface area contributed by atoms with E-state index in [2.05, 4.69) is 55.2 Å². The summed E-state index contributed by atoms with van der Waals surface area (Å²) in [6.07, 6.45) is 7.20. The molecule has 0 aliphatic carbocycles. The van der Waals surface area contributed by atoms with Gasteiger partial charge in [0, 0.05) is 64.1 Å². The molecule has 2 aliphatic rings. The highest BCUT2D eigenvalue weighted by Gasteiger charge is 2.42. The number of guanidine groups is 1. The van der Waals surface area contributed by atoms with Gasteiger partial charge in [0.05, 0.1) is 6.61 Å². The number of hydrogen-bond acceptors (Lipinski definition) is 3. The minimum atomic E-state index is 0. The van der Waals surface area contributed by atoms with E-state index in [1.54, 1.807) is 0 Å². The summed E-state index contributed by atoms with van der Waals surface area (Å²) in [4.78, 5) is 11.4. The van der Waals surface area contributed by atoms with Crippen LogP contribution in [0.4, 0.5) is 0 Å². The number of ether oxygens (including phenoxy) is 1. The number of nitrogens with one attached hydrogen (secondary N) is 1. The molecule has 1 N–H and O–H groups in total. The molecule has 0 amide bonds. The highest BCUT2D eigenvalue weighted by molar-refractivity contribution is 14.0. The fourth-order valence-electron chi connectivity index (χ4n) is 4.20. The van der Waals surface area contributed by atoms with E-state index in [1.807, 2.05) is 19.3 Å². The maximum Gasteiger partial charge on any atom is 0.193 e. The molecule has 28 heavy (non-hydrogen) atoms. The van der Waals surface area contributed by atoms with Crippen molar-refractivity contribution < 1.29 is 4.74 Å². The minimum Gasteiger partial charge on any atom is -0.381 e. The van der Waals surface area contributed by atoms with Crippen molar-refractivity contribution in [2.24, 2.45) is 10.4 Å². The molecule has 1 unspecified atom stereocenters. The summed E-state index contributed by atoms with van der Waals surface area (Å²) in [6.45, 7) is 5.61. The maximum atomic E-state index is 5.64. The van der Waals surface area contributed by atoms with Crippen molar-refractivity contribution in [2.45, 2.75) is 25.8 Å². The summed E-state index contributed by atoms with van der Waals surface area (Å²) in [7, 11) is 1.87. The Bertz CT molecular complexity index is 770. The Morgan fingerprint density at radius 3 is 2.89 bits per heavy atom. The monoisotopic (exact) mass is 495 g/mol. The second-order valence-electron chi connectivity index (χ2n) is 7.66. The van der Waals surface area contributed by atoms with Gasteiger partial charge in [0.25, 0.3) is 0 Å². The van der Waals surface area contributed by atoms with Gasteiger partial charge in [0.15, 0.2) is 5.96 Å². The molecule has 2 aromatic rings. The van der Waals surface area contributed by atoms with Crippen molar-refractivity contribution in [3.63, 3.8) is 0 Å². The lowest BCUT2D eigenvalue weighted by Gasteiger charge is -2.25. The number of rotatable bonds is 5. The number of halogens is 1. The zero-order chi connectivity index (χ0) is 18.5. The molecule has 0 bridgehead atoms. The molecule has 4 rings (SSSR count). The fourth-order valence-corrected chi connectivity index (χ4v) is 4.20. The van der Waals surface area contributed by atoms with Gasteiger partial charge in [-0.1, -0.05) is 30.3 Å². The number of benzene rings is 1. The first-order chi connectivity index (χ1) is 13.3. The number of imidazole rings is 1. The molecule has 1 aromatic heterocycles. The van der Waals surface area contributed by atoms with Gasteiger partial charge in [-0.3, -0.25) is 4.99 Å². The molecule has 3 heterocycles. The van der Waals surface area contributed by atoms with Crippen LogP contribution < -0.4 is 5.32 Å². The van der Waals surface area contributed by atoms with Gasteiger partial charge in [-0.2, -0.15) is 0 Å². The molecule has 6 nitrogen and oxygen atoms in total. The maximum absolute atomic E-state index is 5.64. The molecule has 0 saturated carbocycles. The Morgan fingerprint density at radius 1 is 1.29 bits per heavy atom. The summed E-state index contributed by atoms with van der Waals surface area (Å²) in [5, 5.41) is 3.53. The van der Waals surface area contributed by atoms with Crippen LogP contribution in [-0.2, 0) is 17.7 Å². The predicted octanol–water partition coefficient (Wildman–Crippen LogP) is 2.78. The first-order valence-electron chi connectivity index (χ1n) is 9.85. The summed E-state index contributed by atoms with van der Waals surface area (Å²) in [5.74, 6) is 2.10. The molecular formula is C21H30IN5O. The molecule has 1 atom stereocenters. The van der Waals surface area contributed by atoms with Crippen molar-refractivity contribution in [3.05, 3.63) is 54.1 Å². The molecule has 1 aromatic carbocycles. The second-order valence-corrected chi connectivity index (χ2v) is 7.66. The number of aromatic nitrogens is 2. The molecule has 1 spiro atoms. The van der Waals surface area contributed by atoms with Crippen LogP contribution in [0.15, 0.2) is 47.7 Å². The third kappa shape index (κ3) is 4.86. The number of likely N-dealkylation sites (tertiary alicyclic amines) is 1. The first-order valence-corrected chi connectivity index (χ1v) is 9.85. The molecule has 2 saturated heterocycles. The van der Waals surface area contributed by atoms with E-state index in [9.17, 15) is 0 Å². The number of aliphatic imine (C=N–C) groups is 1. The third-order valence-corrected chi connectivity index (χ3v) is 5.76. The Labute approximate surface area is 184 Å². The molecular weight excluding hydrogens is 465 g/mol. The van der Waals surface area contributed by atoms with E-state index >= 15 is 0 Å². The Hall–Kier alpha value is -1.61. The summed E-state index contributed by atoms with van der Waals surface area (Å²) in [5.41, 5.74) is 1.64. The van der Waals surface area contributed by atoms with Crippen molar-refractivity contribution >= 4 is 29.9 Å². The van der Waals surface area contributed by atoms with E-state index in [4.69, 9.17) is 4.74 Å². The van der Waals surface area contributed by atoms with Crippen LogP contribution in [0.2, 0.25) is 0 Å². The number of hydrogen-bond donors (Lipinski definition) is 1. The summed E-state index contributed by atoms with van der Waals surface area (Å²) >= 11 is 0. The molecule has 2 fully saturated rings. The van der Waals surface area contributed by atoms with Crippen molar-refractivity contribution in [1.82, 2.24) is 19.8 Å². The van der Waals surface area contributed by atoms with Crippen LogP contribution in [0.5, 0.6) is 0 Å². The van der Waals surface area contributed by atoms with Crippen LogP contribution in [0.1, 0.15) is 24.2 Å². The van der Waals surface area contributed by atoms with Crippen LogP contribution in [-0.4, -0.2) is 60.3 Å². The first kappa shape index (κ1) is 21.1. The molecule has 7 heteroatoms. The smallest absolute Gasteiger partial charge is 0.193 e. The van der Waals surface area contributed by atoms with E-state index in [1.165, 1.54) is 18.4 Å². The SMILES string of the molecule is CN=C(NCCc1nccn1Cc1ccccc1)N1CCC2(CCOC2)C1.I. The van der Waals surface area contributed by atoms with E-state index in [0.29, 0.717) is 5.41 Å². The lowest BCUT2D eigenvalue weighted by atomic mass is 9.87. The lowest BCUT2D eigenvalue weighted by molar-refractivity contribution is 0.156. The average molecular weight is 495 g/mol. The third-order valence-electron chi connectivity index (χ3n) is 5.76. The van der Waals surface area contributed by atoms with Gasteiger partial charge in [0.1, 0.15) is 5.82 Å². The van der Waals surface area contributed by atoms with Gasteiger partial charge >= 0.3 is 0 Å². The van der Waals surface area contributed by atoms with Gasteiger partial charge in [-0.15, -0.1) is 24.0 Å². The van der Waals surface area contributed by atoms with Gasteiger partial charge < -0.3 is 19.5 Å². The Morgan fingerprint density at radius 2 is 2.14 bits per heavy atom. The second kappa shape index (κ2) is 9.73. The van der Waals surface area contributed by atoms with Crippen LogP contribution in [0.25, 0.3) is 0 Å². The van der Waals surface area contributed by atoms with Gasteiger partial charge in [0.2, 0.25) is 0 Å². The van der Waals surface area contributed by atoms with Gasteiger partial charge in [-0.05, 0) is 18.4 Å². The van der Waals surface area contributed by atoms with Crippen LogP contribution >= 0.6 is 24.0 Å². The van der Waals surface area contributed by atoms with Crippen molar-refractivity contribution in [3.8, 4) is 0 Å². The van der Waals surface area contributed by atoms with Crippen molar-refractivity contribution in [1.29, 1.82) is 0 Å². The topological polar surface area (TPSA) is 54.7 Å². The zero-order valence-electron chi connectivity index (χ0n) is 16.5. The predicted molar refractivity (Wildman–Crippen MR) is 122 cm³/mol. The highest BCUT2D eigenvalue weighted by Crippen LogP contribution is 2.38. The quantitative estimate of drug-likeness (QED) is 0.394. The van der Waals surface area contributed by atoms with E-state index < -0.39 is 0 Å². The largest absolute Gasteiger partial charge is 0.381 e. The van der Waals surface area contributed by atoms with Gasteiger partial charge in [-0.25, -0.2) is 4.98 Å². The molecule has 152 valence electrons. The Balaban J connectivity index is 0.00000225. The van der Waals surface area contributed by atoms with Crippen LogP contribution in [0, 0.1) is 5.41 Å². The minimum absolute atomic E-state index is 0. The lowest BCUT2D eigenvalue weighted by Crippen LogP contribution is -2.42. The van der Waals surface area contributed by atoms with Crippen LogP contribution in [0.3, 0.4) is 0 Å². The molecule has 0 radical (unpaired) electrons. The molecule has 2 aliphatic heterocycles. The fraction of sp³-hybridized carbons (Fsp3) is 0.524. The average Bonchev–Trinajstić information content (AvgIpc) is 3.43. The highest BCUT2D eigenvalue weighted by atomic mass is 127. The summed E-state index contributed by atoms with van der Waals surface area (Å²) < 4.78 is 7.86. The van der Waals surface area contributed by atoms with Crippen molar-refractivity contribution in [2.75, 3.05) is 39.9 Å². The van der Waals surface area contributed by atoms with E-state index in [0.717, 1.165) is 57.6 Å². The normalized spacial score (nSPS) is 21.9. The van der Waals surface area contributed by atoms with E-state index in [-0.39, 0.29) is 24.0 Å².